The Morgan fingerprint density at radius 2 is 1.95 bits per heavy atom. The number of sulfone groups is 2. The third-order valence-electron chi connectivity index (χ3n) is 2.93. The molecule has 19 heavy (non-hydrogen) atoms. The minimum atomic E-state index is -3.45. The zero-order chi connectivity index (χ0) is 14.3. The zero-order valence-electron chi connectivity index (χ0n) is 10.3. The molecule has 1 aromatic heterocycles. The van der Waals surface area contributed by atoms with E-state index in [-0.39, 0.29) is 28.3 Å². The summed E-state index contributed by atoms with van der Waals surface area (Å²) in [5, 5.41) is 3.44. The standard InChI is InChI=1S/C9H15N3O4S3/c1-18(13,14)7-8(10)12-17-9(7)11-6-2-4-19(15,16)5-3-6/h6,11H,2-5H2,1H3,(H2,10,12). The SMILES string of the molecule is CS(=O)(=O)c1c(N)nsc1NC1CCS(=O)(=O)CC1. The van der Waals surface area contributed by atoms with Crippen LogP contribution in [0.2, 0.25) is 0 Å². The number of nitrogens with zero attached hydrogens (tertiary/aromatic N) is 1. The van der Waals surface area contributed by atoms with Crippen molar-refractivity contribution in [3.05, 3.63) is 0 Å². The monoisotopic (exact) mass is 325 g/mol. The average Bonchev–Trinajstić information content (AvgIpc) is 2.62. The Morgan fingerprint density at radius 1 is 1.37 bits per heavy atom. The molecule has 10 heteroatoms. The summed E-state index contributed by atoms with van der Waals surface area (Å²) in [6.07, 6.45) is 2.00. The van der Waals surface area contributed by atoms with Gasteiger partial charge in [-0.15, -0.1) is 0 Å². The minimum Gasteiger partial charge on any atom is -0.382 e. The van der Waals surface area contributed by atoms with Crippen LogP contribution in [-0.2, 0) is 19.7 Å². The Kier molecular flexibility index (Phi) is 3.76. The van der Waals surface area contributed by atoms with Crippen molar-refractivity contribution in [3.63, 3.8) is 0 Å². The summed E-state index contributed by atoms with van der Waals surface area (Å²) in [6, 6.07) is -0.0659. The number of rotatable bonds is 3. The van der Waals surface area contributed by atoms with Gasteiger partial charge >= 0.3 is 0 Å². The third-order valence-corrected chi connectivity index (χ3v) is 6.73. The van der Waals surface area contributed by atoms with Crippen LogP contribution >= 0.6 is 11.5 Å². The molecule has 3 N–H and O–H groups in total. The molecule has 0 saturated carbocycles. The van der Waals surface area contributed by atoms with E-state index in [0.29, 0.717) is 17.8 Å². The van der Waals surface area contributed by atoms with Crippen LogP contribution in [0, 0.1) is 0 Å². The minimum absolute atomic E-state index is 0.00549. The van der Waals surface area contributed by atoms with Crippen molar-refractivity contribution in [3.8, 4) is 0 Å². The number of aromatic nitrogens is 1. The zero-order valence-corrected chi connectivity index (χ0v) is 12.7. The highest BCUT2D eigenvalue weighted by Gasteiger charge is 2.27. The first kappa shape index (κ1) is 14.5. The van der Waals surface area contributed by atoms with Gasteiger partial charge in [0.15, 0.2) is 15.7 Å². The van der Waals surface area contributed by atoms with Crippen LogP contribution in [0.4, 0.5) is 10.8 Å². The molecule has 0 bridgehead atoms. The predicted octanol–water partition coefficient (Wildman–Crippen LogP) is 0.118. The Balaban J connectivity index is 2.18. The molecular formula is C9H15N3O4S3. The summed E-state index contributed by atoms with van der Waals surface area (Å²) in [6.45, 7) is 0. The van der Waals surface area contributed by atoms with Gasteiger partial charge in [0, 0.05) is 12.3 Å². The first-order valence-electron chi connectivity index (χ1n) is 5.61. The van der Waals surface area contributed by atoms with E-state index < -0.39 is 19.7 Å². The molecule has 1 aromatic rings. The van der Waals surface area contributed by atoms with E-state index in [9.17, 15) is 16.8 Å². The van der Waals surface area contributed by atoms with E-state index in [1.807, 2.05) is 0 Å². The first-order chi connectivity index (χ1) is 8.69. The fraction of sp³-hybridized carbons (Fsp3) is 0.667. The second kappa shape index (κ2) is 4.91. The van der Waals surface area contributed by atoms with Crippen LogP contribution in [0.3, 0.4) is 0 Å². The normalized spacial score (nSPS) is 20.3. The van der Waals surface area contributed by atoms with E-state index in [1.165, 1.54) is 0 Å². The largest absolute Gasteiger partial charge is 0.382 e. The Labute approximate surface area is 116 Å². The van der Waals surface area contributed by atoms with Crippen molar-refractivity contribution in [2.24, 2.45) is 0 Å². The van der Waals surface area contributed by atoms with Crippen LogP contribution < -0.4 is 11.1 Å². The van der Waals surface area contributed by atoms with Gasteiger partial charge in [0.1, 0.15) is 19.7 Å². The van der Waals surface area contributed by atoms with Gasteiger partial charge in [-0.3, -0.25) is 0 Å². The van der Waals surface area contributed by atoms with Gasteiger partial charge in [-0.2, -0.15) is 4.37 Å². The van der Waals surface area contributed by atoms with Gasteiger partial charge in [-0.1, -0.05) is 0 Å². The number of nitrogens with two attached hydrogens (primary N) is 1. The molecule has 1 saturated heterocycles. The van der Waals surface area contributed by atoms with Crippen molar-refractivity contribution in [2.45, 2.75) is 23.8 Å². The maximum atomic E-state index is 11.6. The summed E-state index contributed by atoms with van der Waals surface area (Å²) in [7, 11) is -6.39. The summed E-state index contributed by atoms with van der Waals surface area (Å²) in [5.41, 5.74) is 5.56. The van der Waals surface area contributed by atoms with Crippen LogP contribution in [0.5, 0.6) is 0 Å². The van der Waals surface area contributed by atoms with Crippen molar-refractivity contribution in [1.29, 1.82) is 0 Å². The molecule has 7 nitrogen and oxygen atoms in total. The third kappa shape index (κ3) is 3.37. The maximum absolute atomic E-state index is 11.6. The first-order valence-corrected chi connectivity index (χ1v) is 10.1. The van der Waals surface area contributed by atoms with Crippen LogP contribution in [0.25, 0.3) is 0 Å². The summed E-state index contributed by atoms with van der Waals surface area (Å²) in [4.78, 5) is 0.00549. The summed E-state index contributed by atoms with van der Waals surface area (Å²) < 4.78 is 49.7. The quantitative estimate of drug-likeness (QED) is 0.810. The van der Waals surface area contributed by atoms with Crippen LogP contribution in [0.15, 0.2) is 4.90 Å². The fourth-order valence-electron chi connectivity index (χ4n) is 1.96. The Hall–Kier alpha value is -0.870. The number of hydrogen-bond acceptors (Lipinski definition) is 8. The molecule has 2 heterocycles. The molecule has 0 unspecified atom stereocenters. The number of anilines is 2. The Bertz CT molecular complexity index is 664. The van der Waals surface area contributed by atoms with E-state index in [0.717, 1.165) is 17.8 Å². The smallest absolute Gasteiger partial charge is 0.182 e. The van der Waals surface area contributed by atoms with Gasteiger partial charge in [0.05, 0.1) is 11.5 Å². The number of nitrogens with one attached hydrogen (secondary N) is 1. The van der Waals surface area contributed by atoms with Crippen LogP contribution in [0.1, 0.15) is 12.8 Å². The lowest BCUT2D eigenvalue weighted by Crippen LogP contribution is -2.32. The molecule has 0 spiro atoms. The molecule has 108 valence electrons. The number of hydrogen-bond donors (Lipinski definition) is 2. The van der Waals surface area contributed by atoms with Gasteiger partial charge in [0.2, 0.25) is 0 Å². The lowest BCUT2D eigenvalue weighted by Gasteiger charge is -2.23. The summed E-state index contributed by atoms with van der Waals surface area (Å²) >= 11 is 0.982. The molecule has 1 aliphatic heterocycles. The van der Waals surface area contributed by atoms with Gasteiger partial charge in [-0.05, 0) is 24.4 Å². The van der Waals surface area contributed by atoms with Crippen molar-refractivity contribution in [2.75, 3.05) is 28.8 Å². The van der Waals surface area contributed by atoms with Crippen molar-refractivity contribution in [1.82, 2.24) is 4.37 Å². The molecule has 0 amide bonds. The van der Waals surface area contributed by atoms with Crippen molar-refractivity contribution < 1.29 is 16.8 Å². The van der Waals surface area contributed by atoms with Gasteiger partial charge < -0.3 is 11.1 Å². The molecule has 2 rings (SSSR count). The molecule has 1 fully saturated rings. The van der Waals surface area contributed by atoms with E-state index in [4.69, 9.17) is 5.73 Å². The maximum Gasteiger partial charge on any atom is 0.182 e. The topological polar surface area (TPSA) is 119 Å². The lowest BCUT2D eigenvalue weighted by atomic mass is 10.1. The molecule has 1 aliphatic rings. The Morgan fingerprint density at radius 3 is 2.47 bits per heavy atom. The highest BCUT2D eigenvalue weighted by Crippen LogP contribution is 2.32. The molecule has 0 radical (unpaired) electrons. The summed E-state index contributed by atoms with van der Waals surface area (Å²) in [5.74, 6) is 0.221. The highest BCUT2D eigenvalue weighted by atomic mass is 32.2. The van der Waals surface area contributed by atoms with Gasteiger partial charge in [0.25, 0.3) is 0 Å². The average molecular weight is 325 g/mol. The highest BCUT2D eigenvalue weighted by molar-refractivity contribution is 7.91. The second-order valence-corrected chi connectivity index (χ2v) is 9.60. The van der Waals surface area contributed by atoms with Gasteiger partial charge in [-0.25, -0.2) is 16.8 Å². The van der Waals surface area contributed by atoms with E-state index in [2.05, 4.69) is 9.69 Å². The molecular weight excluding hydrogens is 310 g/mol. The lowest BCUT2D eigenvalue weighted by molar-refractivity contribution is 0.559. The van der Waals surface area contributed by atoms with E-state index >= 15 is 0 Å². The van der Waals surface area contributed by atoms with E-state index in [1.54, 1.807) is 0 Å². The fourth-order valence-corrected chi connectivity index (χ4v) is 5.59. The van der Waals surface area contributed by atoms with Crippen LogP contribution in [-0.4, -0.2) is 45.0 Å². The molecule has 0 aromatic carbocycles. The number of nitrogen functional groups attached to an aromatic ring is 1. The molecule has 0 atom stereocenters. The predicted molar refractivity (Wildman–Crippen MR) is 74.9 cm³/mol. The molecule has 0 aliphatic carbocycles. The van der Waals surface area contributed by atoms with Crippen molar-refractivity contribution >= 4 is 42.0 Å². The second-order valence-electron chi connectivity index (χ2n) is 4.57.